The summed E-state index contributed by atoms with van der Waals surface area (Å²) in [5, 5.41) is 26.6. The Kier molecular flexibility index (Phi) is 4.88. The third kappa shape index (κ3) is 4.27. The summed E-state index contributed by atoms with van der Waals surface area (Å²) in [6.07, 6.45) is 1.12. The van der Waals surface area contributed by atoms with E-state index in [2.05, 4.69) is 15.8 Å². The van der Waals surface area contributed by atoms with Crippen LogP contribution >= 0.6 is 0 Å². The molecule has 0 unspecified atom stereocenters. The molecule has 8 nitrogen and oxygen atoms in total. The number of carbonyl (C=O) groups excluding carboxylic acids is 1. The molecule has 0 radical (unpaired) electrons. The third-order valence-electron chi connectivity index (χ3n) is 2.98. The van der Waals surface area contributed by atoms with E-state index in [1.165, 1.54) is 12.1 Å². The highest BCUT2D eigenvalue weighted by molar-refractivity contribution is 5.91. The van der Waals surface area contributed by atoms with E-state index in [1.807, 2.05) is 19.1 Å². The van der Waals surface area contributed by atoms with Crippen LogP contribution in [0.15, 0.2) is 47.6 Å². The van der Waals surface area contributed by atoms with Crippen molar-refractivity contribution in [3.8, 4) is 5.75 Å². The van der Waals surface area contributed by atoms with Gasteiger partial charge in [0.15, 0.2) is 0 Å². The number of nitro groups is 1. The lowest BCUT2D eigenvalue weighted by atomic mass is 10.2. The number of nitrogens with one attached hydrogen (secondary N) is 2. The number of aromatic hydroxyl groups is 1. The van der Waals surface area contributed by atoms with Crippen LogP contribution in [-0.4, -0.2) is 22.3 Å². The molecule has 0 bridgehead atoms. The summed E-state index contributed by atoms with van der Waals surface area (Å²) in [5.74, 6) is -0.180. The normalized spacial score (nSPS) is 10.5. The summed E-state index contributed by atoms with van der Waals surface area (Å²) < 4.78 is 0. The molecule has 0 saturated heterocycles. The molecule has 2 amide bonds. The first-order chi connectivity index (χ1) is 11.0. The molecule has 0 heterocycles. The van der Waals surface area contributed by atoms with E-state index in [1.54, 1.807) is 12.1 Å². The smallest absolute Gasteiger partial charge is 0.339 e. The summed E-state index contributed by atoms with van der Waals surface area (Å²) in [6, 6.07) is 10.2. The Bertz CT molecular complexity index is 774. The van der Waals surface area contributed by atoms with Crippen LogP contribution in [0, 0.1) is 17.0 Å². The molecule has 118 valence electrons. The summed E-state index contributed by atoms with van der Waals surface area (Å²) >= 11 is 0. The van der Waals surface area contributed by atoms with Crippen molar-refractivity contribution in [1.82, 2.24) is 5.43 Å². The van der Waals surface area contributed by atoms with Gasteiger partial charge in [-0.1, -0.05) is 18.2 Å². The third-order valence-corrected chi connectivity index (χ3v) is 2.98. The van der Waals surface area contributed by atoms with Crippen molar-refractivity contribution < 1.29 is 14.8 Å². The average molecular weight is 314 g/mol. The van der Waals surface area contributed by atoms with Gasteiger partial charge in [0.1, 0.15) is 5.75 Å². The van der Waals surface area contributed by atoms with Crippen molar-refractivity contribution in [3.05, 3.63) is 63.7 Å². The summed E-state index contributed by atoms with van der Waals surface area (Å²) in [5.41, 5.74) is 3.68. The lowest BCUT2D eigenvalue weighted by molar-refractivity contribution is -0.384. The second-order valence-electron chi connectivity index (χ2n) is 4.64. The number of phenolic OH excluding ortho intramolecular Hbond substituents is 1. The number of non-ortho nitro benzene ring substituents is 1. The Morgan fingerprint density at radius 1 is 1.30 bits per heavy atom. The fourth-order valence-electron chi connectivity index (χ4n) is 1.78. The van der Waals surface area contributed by atoms with Gasteiger partial charge in [-0.05, 0) is 24.6 Å². The molecule has 0 aliphatic carbocycles. The SMILES string of the molecule is Cc1ccccc1NC(=O)NN=Cc1cc([N+](=O)[O-])ccc1O. The molecule has 0 saturated carbocycles. The van der Waals surface area contributed by atoms with E-state index in [4.69, 9.17) is 0 Å². The predicted octanol–water partition coefficient (Wildman–Crippen LogP) is 2.76. The molecule has 2 rings (SSSR count). The Morgan fingerprint density at radius 2 is 2.04 bits per heavy atom. The van der Waals surface area contributed by atoms with Crippen LogP contribution in [0.25, 0.3) is 0 Å². The number of para-hydroxylation sites is 1. The van der Waals surface area contributed by atoms with Crippen LogP contribution in [0.4, 0.5) is 16.2 Å². The highest BCUT2D eigenvalue weighted by Crippen LogP contribution is 2.21. The number of hydrazone groups is 1. The molecule has 23 heavy (non-hydrogen) atoms. The molecule has 3 N–H and O–H groups in total. The number of rotatable bonds is 4. The first-order valence-electron chi connectivity index (χ1n) is 6.60. The van der Waals surface area contributed by atoms with E-state index in [0.717, 1.165) is 17.8 Å². The lowest BCUT2D eigenvalue weighted by Crippen LogP contribution is -2.24. The molecular weight excluding hydrogens is 300 g/mol. The minimum atomic E-state index is -0.588. The number of hydrogen-bond acceptors (Lipinski definition) is 5. The minimum Gasteiger partial charge on any atom is -0.507 e. The van der Waals surface area contributed by atoms with E-state index in [0.29, 0.717) is 5.69 Å². The number of phenols is 1. The van der Waals surface area contributed by atoms with Crippen molar-refractivity contribution in [2.75, 3.05) is 5.32 Å². The Hall–Kier alpha value is -3.42. The lowest BCUT2D eigenvalue weighted by Gasteiger charge is -2.06. The van der Waals surface area contributed by atoms with Crippen LogP contribution < -0.4 is 10.7 Å². The number of nitrogens with zero attached hydrogens (tertiary/aromatic N) is 2. The summed E-state index contributed by atoms with van der Waals surface area (Å²) in [7, 11) is 0. The number of anilines is 1. The van der Waals surface area contributed by atoms with Crippen molar-refractivity contribution in [3.63, 3.8) is 0 Å². The van der Waals surface area contributed by atoms with Crippen molar-refractivity contribution >= 4 is 23.6 Å². The quantitative estimate of drug-likeness (QED) is 0.457. The first-order valence-corrected chi connectivity index (χ1v) is 6.60. The molecule has 0 fully saturated rings. The first kappa shape index (κ1) is 16.0. The van der Waals surface area contributed by atoms with Gasteiger partial charge < -0.3 is 10.4 Å². The number of amides is 2. The van der Waals surface area contributed by atoms with Gasteiger partial charge in [0.05, 0.1) is 11.1 Å². The Morgan fingerprint density at radius 3 is 2.74 bits per heavy atom. The maximum absolute atomic E-state index is 11.7. The van der Waals surface area contributed by atoms with Gasteiger partial charge in [0.2, 0.25) is 0 Å². The number of benzene rings is 2. The average Bonchev–Trinajstić information content (AvgIpc) is 2.51. The molecular formula is C15H14N4O4. The summed E-state index contributed by atoms with van der Waals surface area (Å²) in [6.45, 7) is 1.85. The molecule has 2 aromatic carbocycles. The Balaban J connectivity index is 2.01. The fraction of sp³-hybridized carbons (Fsp3) is 0.0667. The monoisotopic (exact) mass is 314 g/mol. The molecule has 0 aromatic heterocycles. The van der Waals surface area contributed by atoms with Crippen molar-refractivity contribution in [2.24, 2.45) is 5.10 Å². The van der Waals surface area contributed by atoms with Crippen molar-refractivity contribution in [1.29, 1.82) is 0 Å². The highest BCUT2D eigenvalue weighted by Gasteiger charge is 2.09. The van der Waals surface area contributed by atoms with E-state index < -0.39 is 11.0 Å². The molecule has 2 aromatic rings. The largest absolute Gasteiger partial charge is 0.507 e. The maximum Gasteiger partial charge on any atom is 0.339 e. The molecule has 0 spiro atoms. The highest BCUT2D eigenvalue weighted by atomic mass is 16.6. The minimum absolute atomic E-state index is 0.121. The molecule has 0 aliphatic rings. The van der Waals surface area contributed by atoms with Gasteiger partial charge in [-0.2, -0.15) is 5.10 Å². The van der Waals surface area contributed by atoms with E-state index >= 15 is 0 Å². The number of aryl methyl sites for hydroxylation is 1. The molecule has 8 heteroatoms. The topological polar surface area (TPSA) is 117 Å². The zero-order valence-corrected chi connectivity index (χ0v) is 12.2. The van der Waals surface area contributed by atoms with Gasteiger partial charge in [0.25, 0.3) is 5.69 Å². The van der Waals surface area contributed by atoms with E-state index in [9.17, 15) is 20.0 Å². The van der Waals surface area contributed by atoms with Crippen LogP contribution in [0.5, 0.6) is 5.75 Å². The molecule has 0 aliphatic heterocycles. The van der Waals surface area contributed by atoms with Crippen LogP contribution in [0.3, 0.4) is 0 Å². The number of carbonyl (C=O) groups is 1. The zero-order valence-electron chi connectivity index (χ0n) is 12.2. The number of nitro benzene ring substituents is 1. The fourth-order valence-corrected chi connectivity index (χ4v) is 1.78. The standard InChI is InChI=1S/C15H14N4O4/c1-10-4-2-3-5-13(10)17-15(21)18-16-9-11-8-12(19(22)23)6-7-14(11)20/h2-9,20H,1H3,(H2,17,18,21). The number of urea groups is 1. The maximum atomic E-state index is 11.7. The summed E-state index contributed by atoms with van der Waals surface area (Å²) in [4.78, 5) is 21.8. The van der Waals surface area contributed by atoms with Gasteiger partial charge in [-0.15, -0.1) is 0 Å². The van der Waals surface area contributed by atoms with Gasteiger partial charge in [-0.25, -0.2) is 10.2 Å². The van der Waals surface area contributed by atoms with Gasteiger partial charge in [-0.3, -0.25) is 10.1 Å². The zero-order chi connectivity index (χ0) is 16.8. The predicted molar refractivity (Wildman–Crippen MR) is 85.7 cm³/mol. The van der Waals surface area contributed by atoms with Gasteiger partial charge >= 0.3 is 6.03 Å². The van der Waals surface area contributed by atoms with Crippen LogP contribution in [0.1, 0.15) is 11.1 Å². The van der Waals surface area contributed by atoms with Crippen molar-refractivity contribution in [2.45, 2.75) is 6.92 Å². The van der Waals surface area contributed by atoms with Gasteiger partial charge in [0, 0.05) is 23.4 Å². The second kappa shape index (κ2) is 7.03. The second-order valence-corrected chi connectivity index (χ2v) is 4.64. The van der Waals surface area contributed by atoms with Crippen LogP contribution in [-0.2, 0) is 0 Å². The Labute approximate surface area is 131 Å². The molecule has 0 atom stereocenters. The van der Waals surface area contributed by atoms with E-state index in [-0.39, 0.29) is 17.0 Å². The van der Waals surface area contributed by atoms with Crippen LogP contribution in [0.2, 0.25) is 0 Å². The number of hydrogen-bond donors (Lipinski definition) is 3.